The topological polar surface area (TPSA) is 124 Å². The molecule has 2 aromatic carbocycles. The normalized spacial score (nSPS) is 10.8. The van der Waals surface area contributed by atoms with E-state index in [1.807, 2.05) is 30.3 Å². The maximum absolute atomic E-state index is 12.7. The number of hydrogen-bond donors (Lipinski definition) is 2. The Morgan fingerprint density at radius 3 is 2.07 bits per heavy atom. The molecule has 0 saturated heterocycles. The molecule has 0 fully saturated rings. The Kier molecular flexibility index (Phi) is 9.11. The van der Waals surface area contributed by atoms with Gasteiger partial charge in [-0.25, -0.2) is 8.42 Å². The van der Waals surface area contributed by atoms with E-state index in [1.165, 1.54) is 24.3 Å². The molecule has 0 unspecified atom stereocenters. The molecule has 0 atom stereocenters. The molecule has 2 amide bonds. The maximum atomic E-state index is 12.7. The van der Waals surface area contributed by atoms with Crippen LogP contribution in [0.5, 0.6) is 0 Å². The van der Waals surface area contributed by atoms with Crippen LogP contribution in [0.4, 0.5) is 0 Å². The van der Waals surface area contributed by atoms with E-state index in [-0.39, 0.29) is 23.2 Å². The fraction of sp³-hybridized carbons (Fsp3) is 0.263. The molecule has 2 rings (SSSR count). The average molecular weight is 426 g/mol. The Bertz CT molecular complexity index is 887. The summed E-state index contributed by atoms with van der Waals surface area (Å²) in [6, 6.07) is 15.3. The molecule has 4 N–H and O–H groups in total. The van der Waals surface area contributed by atoms with Crippen LogP contribution in [0.3, 0.4) is 0 Å². The number of hydrogen-bond acceptors (Lipinski definition) is 5. The molecule has 0 radical (unpaired) electrons. The summed E-state index contributed by atoms with van der Waals surface area (Å²) in [5.74, 6) is -1.92. The van der Waals surface area contributed by atoms with Gasteiger partial charge in [-0.2, -0.15) is 0 Å². The van der Waals surface area contributed by atoms with Crippen LogP contribution >= 0.6 is 12.4 Å². The second-order valence-corrected chi connectivity index (χ2v) is 8.06. The van der Waals surface area contributed by atoms with Crippen molar-refractivity contribution >= 4 is 34.1 Å². The molecule has 0 aliphatic heterocycles. The van der Waals surface area contributed by atoms with Gasteiger partial charge >= 0.3 is 0 Å². The van der Waals surface area contributed by atoms with Gasteiger partial charge in [-0.1, -0.05) is 30.3 Å². The van der Waals surface area contributed by atoms with E-state index >= 15 is 0 Å². The summed E-state index contributed by atoms with van der Waals surface area (Å²) >= 11 is 0. The van der Waals surface area contributed by atoms with E-state index in [9.17, 15) is 18.0 Å². The lowest BCUT2D eigenvalue weighted by Crippen LogP contribution is -2.37. The van der Waals surface area contributed by atoms with Crippen LogP contribution in [0.15, 0.2) is 59.5 Å². The molecule has 152 valence electrons. The van der Waals surface area contributed by atoms with E-state index < -0.39 is 21.5 Å². The highest BCUT2D eigenvalue weighted by Crippen LogP contribution is 2.14. The van der Waals surface area contributed by atoms with Gasteiger partial charge in [-0.3, -0.25) is 9.59 Å². The SMILES string of the molecule is Cl.NCCN(CCc1ccccc1)C(=O)c1ccc(S(=O)(=O)CC(N)=O)cc1. The molecule has 0 aliphatic rings. The number of carbonyl (C=O) groups is 2. The van der Waals surface area contributed by atoms with Crippen molar-refractivity contribution in [2.75, 3.05) is 25.4 Å². The number of nitrogens with zero attached hydrogens (tertiary/aromatic N) is 1. The monoisotopic (exact) mass is 425 g/mol. The van der Waals surface area contributed by atoms with Crippen LogP contribution in [-0.4, -0.2) is 50.5 Å². The highest BCUT2D eigenvalue weighted by atomic mass is 35.5. The Morgan fingerprint density at radius 1 is 0.929 bits per heavy atom. The second-order valence-electron chi connectivity index (χ2n) is 6.07. The van der Waals surface area contributed by atoms with Gasteiger partial charge in [0.25, 0.3) is 5.91 Å². The Hall–Kier alpha value is -2.42. The summed E-state index contributed by atoms with van der Waals surface area (Å²) in [6.45, 7) is 1.22. The van der Waals surface area contributed by atoms with Crippen molar-refractivity contribution < 1.29 is 18.0 Å². The number of halogens is 1. The molecule has 0 aliphatic carbocycles. The van der Waals surface area contributed by atoms with Crippen molar-refractivity contribution in [1.82, 2.24) is 4.90 Å². The first-order valence-corrected chi connectivity index (χ1v) is 10.1. The number of sulfone groups is 1. The van der Waals surface area contributed by atoms with Crippen molar-refractivity contribution in [3.05, 3.63) is 65.7 Å². The minimum atomic E-state index is -3.80. The molecule has 9 heteroatoms. The van der Waals surface area contributed by atoms with E-state index in [4.69, 9.17) is 11.5 Å². The number of benzene rings is 2. The number of primary amides is 1. The zero-order chi connectivity index (χ0) is 19.9. The van der Waals surface area contributed by atoms with Gasteiger partial charge in [0.1, 0.15) is 5.75 Å². The van der Waals surface area contributed by atoms with Gasteiger partial charge in [-0.05, 0) is 36.2 Å². The standard InChI is InChI=1S/C19H23N3O4S.ClH/c20-11-13-22(12-10-15-4-2-1-3-5-15)19(24)16-6-8-17(9-7-16)27(25,26)14-18(21)23;/h1-9H,10-14,20H2,(H2,21,23);1H. The smallest absolute Gasteiger partial charge is 0.253 e. The lowest BCUT2D eigenvalue weighted by atomic mass is 10.1. The lowest BCUT2D eigenvalue weighted by molar-refractivity contribution is -0.115. The Morgan fingerprint density at radius 2 is 1.54 bits per heavy atom. The summed E-state index contributed by atoms with van der Waals surface area (Å²) in [7, 11) is -3.80. The van der Waals surface area contributed by atoms with Gasteiger partial charge in [0.15, 0.2) is 9.84 Å². The van der Waals surface area contributed by atoms with Gasteiger partial charge in [-0.15, -0.1) is 12.4 Å². The van der Waals surface area contributed by atoms with Crippen molar-refractivity contribution in [2.45, 2.75) is 11.3 Å². The first-order chi connectivity index (χ1) is 12.8. The molecule has 0 saturated carbocycles. The van der Waals surface area contributed by atoms with Gasteiger partial charge < -0.3 is 16.4 Å². The van der Waals surface area contributed by atoms with Gasteiger partial charge in [0.05, 0.1) is 4.90 Å². The van der Waals surface area contributed by atoms with Crippen LogP contribution in [-0.2, 0) is 21.1 Å². The third-order valence-corrected chi connectivity index (χ3v) is 5.65. The number of nitrogens with two attached hydrogens (primary N) is 2. The Balaban J connectivity index is 0.00000392. The summed E-state index contributed by atoms with van der Waals surface area (Å²) < 4.78 is 24.0. The van der Waals surface area contributed by atoms with Gasteiger partial charge in [0, 0.05) is 25.2 Å². The zero-order valence-corrected chi connectivity index (χ0v) is 16.9. The highest BCUT2D eigenvalue weighted by Gasteiger charge is 2.19. The van der Waals surface area contributed by atoms with Crippen molar-refractivity contribution in [1.29, 1.82) is 0 Å². The molecule has 7 nitrogen and oxygen atoms in total. The lowest BCUT2D eigenvalue weighted by Gasteiger charge is -2.22. The molecular formula is C19H24ClN3O4S. The molecular weight excluding hydrogens is 402 g/mol. The fourth-order valence-electron chi connectivity index (χ4n) is 2.64. The van der Waals surface area contributed by atoms with Crippen LogP contribution in [0.25, 0.3) is 0 Å². The highest BCUT2D eigenvalue weighted by molar-refractivity contribution is 7.92. The van der Waals surface area contributed by atoms with Crippen LogP contribution in [0.1, 0.15) is 15.9 Å². The van der Waals surface area contributed by atoms with E-state index in [1.54, 1.807) is 4.90 Å². The van der Waals surface area contributed by atoms with Crippen LogP contribution in [0.2, 0.25) is 0 Å². The molecule has 0 spiro atoms. The molecule has 0 bridgehead atoms. The largest absolute Gasteiger partial charge is 0.369 e. The third kappa shape index (κ3) is 6.63. The predicted molar refractivity (Wildman–Crippen MR) is 110 cm³/mol. The number of carbonyl (C=O) groups excluding carboxylic acids is 2. The van der Waals surface area contributed by atoms with Gasteiger partial charge in [0.2, 0.25) is 5.91 Å². The minimum Gasteiger partial charge on any atom is -0.369 e. The summed E-state index contributed by atoms with van der Waals surface area (Å²) in [4.78, 5) is 25.2. The predicted octanol–water partition coefficient (Wildman–Crippen LogP) is 1.01. The number of rotatable bonds is 9. The summed E-state index contributed by atoms with van der Waals surface area (Å²) in [5.41, 5.74) is 12.0. The van der Waals surface area contributed by atoms with E-state index in [0.29, 0.717) is 31.6 Å². The maximum Gasteiger partial charge on any atom is 0.253 e. The molecule has 2 aromatic rings. The minimum absolute atomic E-state index is 0. The zero-order valence-electron chi connectivity index (χ0n) is 15.3. The molecule has 0 heterocycles. The van der Waals surface area contributed by atoms with E-state index in [0.717, 1.165) is 5.56 Å². The quantitative estimate of drug-likeness (QED) is 0.620. The molecule has 28 heavy (non-hydrogen) atoms. The number of amides is 2. The van der Waals surface area contributed by atoms with Crippen molar-refractivity contribution in [3.8, 4) is 0 Å². The fourth-order valence-corrected chi connectivity index (χ4v) is 3.73. The third-order valence-electron chi connectivity index (χ3n) is 3.99. The average Bonchev–Trinajstić information content (AvgIpc) is 2.64. The van der Waals surface area contributed by atoms with Crippen molar-refractivity contribution in [3.63, 3.8) is 0 Å². The first-order valence-electron chi connectivity index (χ1n) is 8.48. The summed E-state index contributed by atoms with van der Waals surface area (Å²) in [5, 5.41) is 0. The van der Waals surface area contributed by atoms with E-state index in [2.05, 4.69) is 0 Å². The van der Waals surface area contributed by atoms with Crippen molar-refractivity contribution in [2.24, 2.45) is 11.5 Å². The Labute approximate surface area is 171 Å². The van der Waals surface area contributed by atoms with Crippen LogP contribution in [0, 0.1) is 0 Å². The first kappa shape index (κ1) is 23.6. The molecule has 0 aromatic heterocycles. The summed E-state index contributed by atoms with van der Waals surface area (Å²) in [6.07, 6.45) is 0.692. The van der Waals surface area contributed by atoms with Crippen LogP contribution < -0.4 is 11.5 Å². The second kappa shape index (κ2) is 10.8.